The van der Waals surface area contributed by atoms with Crippen LogP contribution in [0, 0.1) is 20.8 Å². The fraction of sp³-hybridized carbons (Fsp3) is 0.400. The molecule has 0 aliphatic carbocycles. The molecule has 0 saturated heterocycles. The normalized spacial score (nSPS) is 11.5. The van der Waals surface area contributed by atoms with Gasteiger partial charge >= 0.3 is 11.4 Å². The largest absolute Gasteiger partial charge is 0.399 e. The summed E-state index contributed by atoms with van der Waals surface area (Å²) in [5, 5.41) is 0. The zero-order valence-electron chi connectivity index (χ0n) is 9.40. The molecule has 1 rings (SSSR count). The van der Waals surface area contributed by atoms with Crippen LogP contribution in [0.4, 0.5) is 5.69 Å². The Labute approximate surface area is 92.9 Å². The van der Waals surface area contributed by atoms with Crippen molar-refractivity contribution in [3.63, 3.8) is 0 Å². The third-order valence-electron chi connectivity index (χ3n) is 2.24. The molecule has 0 aliphatic heterocycles. The Balaban J connectivity index is 0.000000336. The molecule has 0 bridgehead atoms. The highest BCUT2D eigenvalue weighted by atomic mass is 32.2. The average molecular weight is 231 g/mol. The molecule has 4 nitrogen and oxygen atoms in total. The molecule has 86 valence electrons. The van der Waals surface area contributed by atoms with Crippen molar-refractivity contribution in [3.05, 3.63) is 28.8 Å². The lowest BCUT2D eigenvalue weighted by atomic mass is 10.0. The molecule has 1 aromatic carbocycles. The molecule has 1 atom stereocenters. The second-order valence-electron chi connectivity index (χ2n) is 3.11. The van der Waals surface area contributed by atoms with Crippen molar-refractivity contribution in [2.75, 3.05) is 12.8 Å². The monoisotopic (exact) mass is 231 g/mol. The molecule has 5 heteroatoms. The Hall–Kier alpha value is -0.910. The molecule has 0 heterocycles. The van der Waals surface area contributed by atoms with Crippen LogP contribution in [-0.2, 0) is 15.5 Å². The lowest BCUT2D eigenvalue weighted by molar-refractivity contribution is 0.379. The summed E-state index contributed by atoms with van der Waals surface area (Å²) in [6, 6.07) is 4.01. The summed E-state index contributed by atoms with van der Waals surface area (Å²) in [5.41, 5.74) is 10.4. The van der Waals surface area contributed by atoms with Gasteiger partial charge in [-0.2, -0.15) is 4.21 Å². The maximum absolute atomic E-state index is 9.26. The number of hydrogen-bond donors (Lipinski definition) is 2. The first-order valence-electron chi connectivity index (χ1n) is 4.37. The average Bonchev–Trinajstić information content (AvgIpc) is 2.21. The van der Waals surface area contributed by atoms with Crippen molar-refractivity contribution >= 4 is 17.0 Å². The van der Waals surface area contributed by atoms with Gasteiger partial charge in [0.15, 0.2) is 0 Å². The van der Waals surface area contributed by atoms with Crippen LogP contribution in [0.15, 0.2) is 12.1 Å². The standard InChI is InChI=1S/C9H13N.CH4O3S/c1-6-4-5-9(10)8(3)7(6)2;1-4-5(2)3/h4-5H,10H2,1-3H3;1H3,(H,2,3). The van der Waals surface area contributed by atoms with Gasteiger partial charge in [0.05, 0.1) is 7.11 Å². The summed E-state index contributed by atoms with van der Waals surface area (Å²) in [7, 11) is 1.15. The molecule has 1 aromatic rings. The highest BCUT2D eigenvalue weighted by molar-refractivity contribution is 7.74. The van der Waals surface area contributed by atoms with Gasteiger partial charge in [0.1, 0.15) is 0 Å². The molecule has 0 aliphatic rings. The summed E-state index contributed by atoms with van der Waals surface area (Å²) >= 11 is -2.07. The van der Waals surface area contributed by atoms with Crippen LogP contribution in [0.1, 0.15) is 16.7 Å². The lowest BCUT2D eigenvalue weighted by Crippen LogP contribution is -1.93. The second-order valence-corrected chi connectivity index (χ2v) is 3.87. The molecule has 15 heavy (non-hydrogen) atoms. The number of rotatable bonds is 1. The second kappa shape index (κ2) is 6.55. The number of hydrogen-bond acceptors (Lipinski definition) is 3. The van der Waals surface area contributed by atoms with Gasteiger partial charge in [-0.15, -0.1) is 0 Å². The van der Waals surface area contributed by atoms with Gasteiger partial charge in [-0.25, -0.2) is 0 Å². The Bertz CT molecular complexity index is 326. The number of nitrogen functional groups attached to an aromatic ring is 1. The van der Waals surface area contributed by atoms with Gasteiger partial charge in [-0.3, -0.25) is 8.74 Å². The van der Waals surface area contributed by atoms with E-state index in [0.29, 0.717) is 0 Å². The van der Waals surface area contributed by atoms with Crippen molar-refractivity contribution in [2.24, 2.45) is 0 Å². The third-order valence-corrected chi connectivity index (χ3v) is 2.53. The summed E-state index contributed by atoms with van der Waals surface area (Å²) in [6.45, 7) is 6.25. The van der Waals surface area contributed by atoms with Crippen LogP contribution in [0.3, 0.4) is 0 Å². The summed E-state index contributed by atoms with van der Waals surface area (Å²) < 4.78 is 20.6. The van der Waals surface area contributed by atoms with Crippen molar-refractivity contribution in [1.29, 1.82) is 0 Å². The van der Waals surface area contributed by atoms with Crippen molar-refractivity contribution in [2.45, 2.75) is 20.8 Å². The lowest BCUT2D eigenvalue weighted by Gasteiger charge is -2.05. The maximum atomic E-state index is 9.26. The van der Waals surface area contributed by atoms with E-state index in [4.69, 9.17) is 10.3 Å². The zero-order chi connectivity index (χ0) is 12.0. The smallest absolute Gasteiger partial charge is 0.301 e. The number of nitrogens with two attached hydrogens (primary N) is 1. The Kier molecular flexibility index (Phi) is 6.15. The van der Waals surface area contributed by atoms with Crippen molar-refractivity contribution in [3.8, 4) is 0 Å². The molecule has 0 radical (unpaired) electrons. The van der Waals surface area contributed by atoms with Crippen LogP contribution >= 0.6 is 0 Å². The molecule has 0 spiro atoms. The Morgan fingerprint density at radius 3 is 2.07 bits per heavy atom. The molecule has 0 fully saturated rings. The van der Waals surface area contributed by atoms with Crippen molar-refractivity contribution in [1.82, 2.24) is 0 Å². The predicted molar refractivity (Wildman–Crippen MR) is 62.8 cm³/mol. The van der Waals surface area contributed by atoms with Gasteiger partial charge in [0.2, 0.25) is 0 Å². The van der Waals surface area contributed by atoms with Crippen molar-refractivity contribution < 1.29 is 12.9 Å². The Morgan fingerprint density at radius 1 is 1.27 bits per heavy atom. The van der Waals surface area contributed by atoms with Crippen LogP contribution in [-0.4, -0.2) is 15.9 Å². The summed E-state index contributed by atoms with van der Waals surface area (Å²) in [4.78, 5) is 0. The van der Waals surface area contributed by atoms with Gasteiger partial charge in [0, 0.05) is 5.69 Å². The van der Waals surface area contributed by atoms with Gasteiger partial charge < -0.3 is 5.73 Å². The fourth-order valence-electron chi connectivity index (χ4n) is 0.977. The van der Waals surface area contributed by atoms with Gasteiger partial charge in [0.25, 0.3) is 0 Å². The molecule has 3 N–H and O–H groups in total. The van der Waals surface area contributed by atoms with E-state index >= 15 is 0 Å². The minimum Gasteiger partial charge on any atom is -0.399 e. The first kappa shape index (κ1) is 14.1. The van der Waals surface area contributed by atoms with E-state index in [1.807, 2.05) is 6.07 Å². The zero-order valence-corrected chi connectivity index (χ0v) is 10.2. The highest BCUT2D eigenvalue weighted by Gasteiger charge is 1.98. The SMILES string of the molecule is COS(=O)O.Cc1ccc(N)c(C)c1C. The van der Waals surface area contributed by atoms with Crippen LogP contribution in [0.2, 0.25) is 0 Å². The van der Waals surface area contributed by atoms with Crippen LogP contribution in [0.25, 0.3) is 0 Å². The van der Waals surface area contributed by atoms with E-state index in [2.05, 4.69) is 31.0 Å². The maximum Gasteiger partial charge on any atom is 0.301 e. The van der Waals surface area contributed by atoms with Gasteiger partial charge in [-0.05, 0) is 43.5 Å². The number of benzene rings is 1. The molecular formula is C10H17NO3S. The molecule has 0 aromatic heterocycles. The van der Waals surface area contributed by atoms with E-state index in [1.54, 1.807) is 0 Å². The van der Waals surface area contributed by atoms with E-state index < -0.39 is 11.4 Å². The molecular weight excluding hydrogens is 214 g/mol. The molecule has 1 unspecified atom stereocenters. The van der Waals surface area contributed by atoms with Crippen LogP contribution in [0.5, 0.6) is 0 Å². The van der Waals surface area contributed by atoms with E-state index in [0.717, 1.165) is 12.8 Å². The summed E-state index contributed by atoms with van der Waals surface area (Å²) in [5.74, 6) is 0. The minimum atomic E-state index is -2.07. The topological polar surface area (TPSA) is 72.5 Å². The fourth-order valence-corrected chi connectivity index (χ4v) is 0.977. The predicted octanol–water partition coefficient (Wildman–Crippen LogP) is 1.96. The van der Waals surface area contributed by atoms with Crippen LogP contribution < -0.4 is 5.73 Å². The minimum absolute atomic E-state index is 0.892. The third kappa shape index (κ3) is 4.92. The van der Waals surface area contributed by atoms with E-state index in [9.17, 15) is 4.21 Å². The van der Waals surface area contributed by atoms with E-state index in [-0.39, 0.29) is 0 Å². The molecule has 0 amide bonds. The number of aryl methyl sites for hydroxylation is 1. The van der Waals surface area contributed by atoms with E-state index in [1.165, 1.54) is 16.7 Å². The van der Waals surface area contributed by atoms with Gasteiger partial charge in [-0.1, -0.05) is 6.07 Å². The molecule has 0 saturated carbocycles. The first-order chi connectivity index (χ1) is 6.90. The summed E-state index contributed by atoms with van der Waals surface area (Å²) in [6.07, 6.45) is 0. The Morgan fingerprint density at radius 2 is 1.73 bits per heavy atom. The quantitative estimate of drug-likeness (QED) is 0.572. The first-order valence-corrected chi connectivity index (χ1v) is 5.41. The number of anilines is 1. The highest BCUT2D eigenvalue weighted by Crippen LogP contribution is 2.17.